The van der Waals surface area contributed by atoms with Gasteiger partial charge in [0, 0.05) is 62.6 Å². The van der Waals surface area contributed by atoms with Crippen LogP contribution in [-0.2, 0) is 24.4 Å². The number of hydrogen-bond acceptors (Lipinski definition) is 9. The van der Waals surface area contributed by atoms with Gasteiger partial charge >= 0.3 is 0 Å². The number of ketones is 1. The van der Waals surface area contributed by atoms with Gasteiger partial charge < -0.3 is 18.9 Å². The number of hydrogen-bond donors (Lipinski definition) is 0. The summed E-state index contributed by atoms with van der Waals surface area (Å²) >= 11 is 5.96. The molecule has 0 unspecified atom stereocenters. The number of piperazine rings is 1. The summed E-state index contributed by atoms with van der Waals surface area (Å²) in [6.07, 6.45) is 3.48. The van der Waals surface area contributed by atoms with Crippen LogP contribution in [0.15, 0.2) is 84.0 Å². The number of para-hydroxylation sites is 1. The van der Waals surface area contributed by atoms with Crippen molar-refractivity contribution in [2.75, 3.05) is 45.9 Å². The van der Waals surface area contributed by atoms with Gasteiger partial charge in [-0.3, -0.25) is 28.8 Å². The Morgan fingerprint density at radius 1 is 0.922 bits per heavy atom. The van der Waals surface area contributed by atoms with Crippen molar-refractivity contribution in [3.63, 3.8) is 0 Å². The summed E-state index contributed by atoms with van der Waals surface area (Å²) in [6, 6.07) is 19.5. The molecule has 0 saturated carbocycles. The second kappa shape index (κ2) is 15.1. The summed E-state index contributed by atoms with van der Waals surface area (Å²) in [5.74, 6) is 1.44. The number of fused-ring (bicyclic) bond motifs is 2. The molecule has 1 amide bonds. The summed E-state index contributed by atoms with van der Waals surface area (Å²) in [5.41, 5.74) is 2.37. The lowest BCUT2D eigenvalue weighted by Crippen LogP contribution is -2.50. The Bertz CT molecular complexity index is 2100. The highest BCUT2D eigenvalue weighted by Gasteiger charge is 2.26. The summed E-state index contributed by atoms with van der Waals surface area (Å²) in [7, 11) is 0. The molecule has 0 N–H and O–H groups in total. The second-order valence-electron chi connectivity index (χ2n) is 13.1. The van der Waals surface area contributed by atoms with Crippen LogP contribution in [-0.4, -0.2) is 97.5 Å². The third-order valence-corrected chi connectivity index (χ3v) is 9.46. The Hall–Kier alpha value is -5.04. The number of benzene rings is 3. The number of amides is 1. The second-order valence-corrected chi connectivity index (χ2v) is 13.6. The van der Waals surface area contributed by atoms with Gasteiger partial charge in [-0.1, -0.05) is 23.7 Å². The van der Waals surface area contributed by atoms with Gasteiger partial charge in [0.25, 0.3) is 11.5 Å². The molecule has 5 aromatic rings. The van der Waals surface area contributed by atoms with Crippen molar-refractivity contribution in [2.24, 2.45) is 0 Å². The molecule has 0 bridgehead atoms. The fourth-order valence-electron chi connectivity index (χ4n) is 6.54. The molecule has 1 fully saturated rings. The first-order valence-electron chi connectivity index (χ1n) is 17.2. The molecule has 1 saturated heterocycles. The number of imidazole rings is 1. The van der Waals surface area contributed by atoms with Crippen molar-refractivity contribution in [1.82, 2.24) is 33.8 Å². The lowest BCUT2D eigenvalue weighted by molar-refractivity contribution is -0.135. The molecule has 0 aliphatic carbocycles. The topological polar surface area (TPSA) is 115 Å². The van der Waals surface area contributed by atoms with Crippen molar-refractivity contribution < 1.29 is 19.1 Å². The summed E-state index contributed by atoms with van der Waals surface area (Å²) in [5, 5.41) is 1.07. The zero-order valence-electron chi connectivity index (χ0n) is 28.7. The molecule has 13 heteroatoms. The summed E-state index contributed by atoms with van der Waals surface area (Å²) in [4.78, 5) is 56.3. The van der Waals surface area contributed by atoms with Crippen LogP contribution in [0.5, 0.6) is 11.5 Å². The average Bonchev–Trinajstić information content (AvgIpc) is 3.60. The van der Waals surface area contributed by atoms with E-state index in [2.05, 4.69) is 19.4 Å². The molecule has 51 heavy (non-hydrogen) atoms. The van der Waals surface area contributed by atoms with E-state index in [1.807, 2.05) is 44.6 Å². The molecule has 2 aliphatic heterocycles. The van der Waals surface area contributed by atoms with Gasteiger partial charge in [0.15, 0.2) is 12.4 Å². The quantitative estimate of drug-likeness (QED) is 0.184. The molecule has 2 aromatic heterocycles. The van der Waals surface area contributed by atoms with Crippen molar-refractivity contribution in [3.05, 3.63) is 112 Å². The van der Waals surface area contributed by atoms with Crippen LogP contribution < -0.4 is 15.0 Å². The normalized spacial score (nSPS) is 15.3. The molecule has 3 aromatic carbocycles. The average molecular weight is 710 g/mol. The summed E-state index contributed by atoms with van der Waals surface area (Å²) < 4.78 is 15.6. The molecule has 7 rings (SSSR count). The Balaban J connectivity index is 1.14. The number of Topliss-reactive ketones (excluding diaryl/α,β-unsaturated/α-hetero) is 1. The van der Waals surface area contributed by atoms with E-state index < -0.39 is 0 Å². The molecule has 0 spiro atoms. The van der Waals surface area contributed by atoms with Crippen molar-refractivity contribution in [2.45, 2.75) is 39.6 Å². The monoisotopic (exact) mass is 709 g/mol. The minimum absolute atomic E-state index is 0.0514. The minimum Gasteiger partial charge on any atom is -0.489 e. The van der Waals surface area contributed by atoms with E-state index in [0.717, 1.165) is 18.8 Å². The standard InChI is InChI=1S/C38H40ClN7O5/c1-26(2)51-35-12-7-27(34(47)22-43-15-18-45-25-40-20-29(45)21-43)19-33(35)46-36(41-32-6-4-3-5-31(32)38(46)49)23-42-13-16-44(17-14-42)37(48)24-50-30-10-8-28(39)9-11-30/h3-12,19-20,25-26H,13-18,21-24H2,1-2H3. The number of halogens is 1. The molecule has 12 nitrogen and oxygen atoms in total. The SMILES string of the molecule is CC(C)Oc1ccc(C(=O)CN2CCn3cncc3C2)cc1-n1c(CN2CCN(C(=O)COc3ccc(Cl)cc3)CC2)nc2ccccc2c1=O. The fourth-order valence-corrected chi connectivity index (χ4v) is 6.67. The largest absolute Gasteiger partial charge is 0.489 e. The maximum atomic E-state index is 14.3. The lowest BCUT2D eigenvalue weighted by atomic mass is 10.1. The Labute approximate surface area is 300 Å². The van der Waals surface area contributed by atoms with Gasteiger partial charge in [-0.2, -0.15) is 0 Å². The van der Waals surface area contributed by atoms with E-state index in [1.54, 1.807) is 58.0 Å². The molecule has 0 radical (unpaired) electrons. The van der Waals surface area contributed by atoms with Gasteiger partial charge in [0.05, 0.1) is 47.8 Å². The first kappa shape index (κ1) is 34.4. The van der Waals surface area contributed by atoms with Crippen LogP contribution in [0, 0.1) is 0 Å². The van der Waals surface area contributed by atoms with Crippen LogP contribution in [0.3, 0.4) is 0 Å². The first-order chi connectivity index (χ1) is 24.7. The van der Waals surface area contributed by atoms with Crippen molar-refractivity contribution in [3.8, 4) is 17.2 Å². The number of carbonyl (C=O) groups excluding carboxylic acids is 2. The van der Waals surface area contributed by atoms with E-state index in [1.165, 1.54) is 0 Å². The van der Waals surface area contributed by atoms with Gasteiger partial charge in [0.1, 0.15) is 17.3 Å². The number of aromatic nitrogens is 4. The molecule has 0 atom stereocenters. The number of rotatable bonds is 11. The molecule has 2 aliphatic rings. The van der Waals surface area contributed by atoms with Crippen LogP contribution in [0.25, 0.3) is 16.6 Å². The minimum atomic E-state index is -0.244. The zero-order chi connectivity index (χ0) is 35.5. The first-order valence-corrected chi connectivity index (χ1v) is 17.5. The maximum Gasteiger partial charge on any atom is 0.266 e. The van der Waals surface area contributed by atoms with E-state index in [9.17, 15) is 14.4 Å². The molecule has 264 valence electrons. The zero-order valence-corrected chi connectivity index (χ0v) is 29.5. The van der Waals surface area contributed by atoms with Crippen molar-refractivity contribution in [1.29, 1.82) is 0 Å². The van der Waals surface area contributed by atoms with Gasteiger partial charge in [-0.15, -0.1) is 0 Å². The predicted molar refractivity (Wildman–Crippen MR) is 194 cm³/mol. The predicted octanol–water partition coefficient (Wildman–Crippen LogP) is 4.44. The highest BCUT2D eigenvalue weighted by Crippen LogP contribution is 2.28. The van der Waals surface area contributed by atoms with E-state index >= 15 is 0 Å². The fraction of sp³-hybridized carbons (Fsp3) is 0.342. The molecule has 4 heterocycles. The number of ether oxygens (including phenoxy) is 2. The highest BCUT2D eigenvalue weighted by atomic mass is 35.5. The lowest BCUT2D eigenvalue weighted by Gasteiger charge is -2.34. The van der Waals surface area contributed by atoms with Gasteiger partial charge in [0.2, 0.25) is 0 Å². The van der Waals surface area contributed by atoms with E-state index in [4.69, 9.17) is 26.1 Å². The van der Waals surface area contributed by atoms with E-state index in [0.29, 0.717) is 83.8 Å². The number of carbonyl (C=O) groups is 2. The smallest absolute Gasteiger partial charge is 0.266 e. The summed E-state index contributed by atoms with van der Waals surface area (Å²) in [6.45, 7) is 8.69. The van der Waals surface area contributed by atoms with Crippen LogP contribution in [0.4, 0.5) is 0 Å². The molecular formula is C38H40ClN7O5. The van der Waals surface area contributed by atoms with E-state index in [-0.39, 0.29) is 36.5 Å². The maximum absolute atomic E-state index is 14.3. The third kappa shape index (κ3) is 7.83. The van der Waals surface area contributed by atoms with Gasteiger partial charge in [-0.25, -0.2) is 9.97 Å². The number of nitrogens with zero attached hydrogens (tertiary/aromatic N) is 7. The Morgan fingerprint density at radius 2 is 1.69 bits per heavy atom. The van der Waals surface area contributed by atoms with Crippen LogP contribution in [0.1, 0.15) is 35.7 Å². The van der Waals surface area contributed by atoms with Crippen molar-refractivity contribution >= 4 is 34.2 Å². The van der Waals surface area contributed by atoms with Gasteiger partial charge in [-0.05, 0) is 68.4 Å². The third-order valence-electron chi connectivity index (χ3n) is 9.20. The van der Waals surface area contributed by atoms with Crippen LogP contribution >= 0.6 is 11.6 Å². The Morgan fingerprint density at radius 3 is 2.47 bits per heavy atom. The molecular weight excluding hydrogens is 670 g/mol. The highest BCUT2D eigenvalue weighted by molar-refractivity contribution is 6.30. The Kier molecular flexibility index (Phi) is 10.2. The van der Waals surface area contributed by atoms with Crippen LogP contribution in [0.2, 0.25) is 5.02 Å².